The Balaban J connectivity index is 2.36. The molecule has 0 fully saturated rings. The van der Waals surface area contributed by atoms with Gasteiger partial charge < -0.3 is 21.3 Å². The van der Waals surface area contributed by atoms with E-state index in [1.807, 2.05) is 0 Å². The van der Waals surface area contributed by atoms with Crippen molar-refractivity contribution in [3.05, 3.63) is 59.6 Å². The maximum absolute atomic E-state index is 12.3. The number of nitrogens with zero attached hydrogens (tertiary/aromatic N) is 1. The standard InChI is InChI=1S/C16H15N3O4/c17-16(18)19-12-5-3-11(4-6-12)15(22)23-13-7-1-10(2-8-13)9-14(20)21/h1-8H,9H2,(H,20,21)(H4,17,18,19)/i3D,4D,5D,6D. The van der Waals surface area contributed by atoms with Gasteiger partial charge in [-0.1, -0.05) is 12.1 Å². The Kier molecular flexibility index (Phi) is 3.46. The summed E-state index contributed by atoms with van der Waals surface area (Å²) in [5.74, 6) is -2.51. The van der Waals surface area contributed by atoms with Crippen molar-refractivity contribution in [2.45, 2.75) is 6.42 Å². The zero-order valence-corrected chi connectivity index (χ0v) is 11.8. The summed E-state index contributed by atoms with van der Waals surface area (Å²) < 4.78 is 36.6. The first-order chi connectivity index (χ1) is 12.6. The van der Waals surface area contributed by atoms with E-state index in [4.69, 9.17) is 26.8 Å². The second kappa shape index (κ2) is 7.08. The SMILES string of the molecule is [2H]c1c([2H])c(C(=O)Oc2ccc(CC(=O)O)cc2)c([2H])c([2H])c1N=C(N)N. The van der Waals surface area contributed by atoms with E-state index < -0.39 is 47.6 Å². The number of guanidine groups is 1. The smallest absolute Gasteiger partial charge is 0.343 e. The molecule has 0 saturated carbocycles. The number of esters is 1. The van der Waals surface area contributed by atoms with Crippen LogP contribution >= 0.6 is 0 Å². The fraction of sp³-hybridized carbons (Fsp3) is 0.0625. The normalized spacial score (nSPS) is 12.3. The Morgan fingerprint density at radius 2 is 1.74 bits per heavy atom. The number of aliphatic imine (C=N–C) groups is 1. The maximum Gasteiger partial charge on any atom is 0.343 e. The highest BCUT2D eigenvalue weighted by atomic mass is 16.5. The van der Waals surface area contributed by atoms with E-state index in [0.717, 1.165) is 0 Å². The number of carboxylic acid groups (broad SMARTS) is 1. The van der Waals surface area contributed by atoms with Gasteiger partial charge in [0.15, 0.2) is 5.96 Å². The highest BCUT2D eigenvalue weighted by molar-refractivity contribution is 5.91. The van der Waals surface area contributed by atoms with Crippen molar-refractivity contribution in [1.82, 2.24) is 0 Å². The summed E-state index contributed by atoms with van der Waals surface area (Å²) in [7, 11) is 0. The Morgan fingerprint density at radius 3 is 2.26 bits per heavy atom. The number of hydrogen-bond acceptors (Lipinski definition) is 4. The molecule has 5 N–H and O–H groups in total. The average molecular weight is 317 g/mol. The van der Waals surface area contributed by atoms with Gasteiger partial charge in [0.25, 0.3) is 0 Å². The van der Waals surface area contributed by atoms with Crippen molar-refractivity contribution in [2.75, 3.05) is 0 Å². The molecule has 0 radical (unpaired) electrons. The largest absolute Gasteiger partial charge is 0.481 e. The minimum Gasteiger partial charge on any atom is -0.481 e. The number of carbonyl (C=O) groups is 2. The summed E-state index contributed by atoms with van der Waals surface area (Å²) >= 11 is 0. The van der Waals surface area contributed by atoms with Crippen molar-refractivity contribution in [1.29, 1.82) is 0 Å². The zero-order chi connectivity index (χ0) is 20.3. The minimum absolute atomic E-state index is 0.0549. The van der Waals surface area contributed by atoms with Gasteiger partial charge in [0.1, 0.15) is 5.75 Å². The number of benzene rings is 2. The molecule has 0 bridgehead atoms. The quantitative estimate of drug-likeness (QED) is 0.331. The van der Waals surface area contributed by atoms with E-state index in [9.17, 15) is 9.59 Å². The first-order valence-corrected chi connectivity index (χ1v) is 6.34. The van der Waals surface area contributed by atoms with Crippen LogP contribution in [0.1, 0.15) is 21.4 Å². The highest BCUT2D eigenvalue weighted by Crippen LogP contribution is 2.17. The molecule has 0 aliphatic carbocycles. The molecule has 0 heterocycles. The molecule has 0 aromatic heterocycles. The van der Waals surface area contributed by atoms with Gasteiger partial charge in [-0.05, 0) is 41.9 Å². The summed E-state index contributed by atoms with van der Waals surface area (Å²) in [5.41, 5.74) is 9.96. The summed E-state index contributed by atoms with van der Waals surface area (Å²) in [5, 5.41) is 8.73. The van der Waals surface area contributed by atoms with Crippen LogP contribution in [-0.4, -0.2) is 23.0 Å². The summed E-state index contributed by atoms with van der Waals surface area (Å²) in [4.78, 5) is 26.6. The molecule has 23 heavy (non-hydrogen) atoms. The molecule has 0 aliphatic heterocycles. The maximum atomic E-state index is 12.3. The molecule has 0 spiro atoms. The Bertz CT molecular complexity index is 913. The van der Waals surface area contributed by atoms with E-state index in [0.29, 0.717) is 5.56 Å². The van der Waals surface area contributed by atoms with Gasteiger partial charge in [-0.2, -0.15) is 0 Å². The molecule has 2 aromatic carbocycles. The molecule has 7 nitrogen and oxygen atoms in total. The molecule has 2 aromatic rings. The van der Waals surface area contributed by atoms with Gasteiger partial charge in [0.05, 0.1) is 23.2 Å². The molecule has 0 saturated heterocycles. The third kappa shape index (κ3) is 4.85. The monoisotopic (exact) mass is 317 g/mol. The Labute approximate surface area is 137 Å². The number of rotatable bonds is 5. The van der Waals surface area contributed by atoms with Gasteiger partial charge in [-0.25, -0.2) is 9.79 Å². The van der Waals surface area contributed by atoms with Gasteiger partial charge in [0.2, 0.25) is 0 Å². The zero-order valence-electron chi connectivity index (χ0n) is 15.8. The van der Waals surface area contributed by atoms with Gasteiger partial charge in [-0.15, -0.1) is 0 Å². The molecule has 118 valence electrons. The van der Waals surface area contributed by atoms with Crippen LogP contribution in [0.4, 0.5) is 5.69 Å². The summed E-state index contributed by atoms with van der Waals surface area (Å²) in [6.07, 6.45) is -0.196. The number of nitrogens with two attached hydrogens (primary N) is 2. The van der Waals surface area contributed by atoms with Gasteiger partial charge in [0, 0.05) is 0 Å². The molecule has 2 rings (SSSR count). The second-order valence-corrected chi connectivity index (χ2v) is 4.36. The minimum atomic E-state index is -1.10. The molecular formula is C16H15N3O4. The van der Waals surface area contributed by atoms with Crippen molar-refractivity contribution in [2.24, 2.45) is 16.5 Å². The van der Waals surface area contributed by atoms with Crippen molar-refractivity contribution in [3.8, 4) is 5.75 Å². The number of carboxylic acids is 1. The van der Waals surface area contributed by atoms with Gasteiger partial charge >= 0.3 is 11.9 Å². The average Bonchev–Trinajstić information content (AvgIpc) is 2.58. The molecule has 0 amide bonds. The van der Waals surface area contributed by atoms with Crippen LogP contribution in [0.2, 0.25) is 0 Å². The summed E-state index contributed by atoms with van der Waals surface area (Å²) in [6, 6.07) is 3.15. The molecule has 0 aliphatic rings. The van der Waals surface area contributed by atoms with Crippen LogP contribution in [0, 0.1) is 0 Å². The Hall–Kier alpha value is -3.35. The van der Waals surface area contributed by atoms with Crippen LogP contribution in [-0.2, 0) is 11.2 Å². The lowest BCUT2D eigenvalue weighted by Gasteiger charge is -2.05. The van der Waals surface area contributed by atoms with E-state index in [1.54, 1.807) is 0 Å². The predicted molar refractivity (Wildman–Crippen MR) is 84.7 cm³/mol. The fourth-order valence-electron chi connectivity index (χ4n) is 1.60. The van der Waals surface area contributed by atoms with E-state index in [2.05, 4.69) is 4.99 Å². The lowest BCUT2D eigenvalue weighted by Crippen LogP contribution is -2.21. The first-order valence-electron chi connectivity index (χ1n) is 8.34. The van der Waals surface area contributed by atoms with Gasteiger partial charge in [-0.3, -0.25) is 4.79 Å². The Morgan fingerprint density at radius 1 is 1.13 bits per heavy atom. The van der Waals surface area contributed by atoms with Crippen molar-refractivity contribution in [3.63, 3.8) is 0 Å². The topological polar surface area (TPSA) is 128 Å². The third-order valence-corrected chi connectivity index (χ3v) is 2.55. The molecule has 7 heteroatoms. The third-order valence-electron chi connectivity index (χ3n) is 2.55. The van der Waals surface area contributed by atoms with Crippen LogP contribution in [0.25, 0.3) is 0 Å². The van der Waals surface area contributed by atoms with E-state index in [1.165, 1.54) is 24.3 Å². The van der Waals surface area contributed by atoms with Crippen molar-refractivity contribution < 1.29 is 24.9 Å². The van der Waals surface area contributed by atoms with E-state index >= 15 is 0 Å². The van der Waals surface area contributed by atoms with Crippen LogP contribution < -0.4 is 16.2 Å². The van der Waals surface area contributed by atoms with Crippen molar-refractivity contribution >= 4 is 23.6 Å². The molecule has 0 unspecified atom stereocenters. The first kappa shape index (κ1) is 11.2. The lowest BCUT2D eigenvalue weighted by molar-refractivity contribution is -0.136. The molecule has 0 atom stereocenters. The summed E-state index contributed by atoms with van der Waals surface area (Å²) in [6.45, 7) is 0. The number of aliphatic carboxylic acids is 1. The fourth-order valence-corrected chi connectivity index (χ4v) is 1.60. The van der Waals surface area contributed by atoms with Crippen LogP contribution in [0.3, 0.4) is 0 Å². The molecular weight excluding hydrogens is 298 g/mol. The van der Waals surface area contributed by atoms with Crippen LogP contribution in [0.5, 0.6) is 5.75 Å². The van der Waals surface area contributed by atoms with E-state index in [-0.39, 0.29) is 17.9 Å². The lowest BCUT2D eigenvalue weighted by atomic mass is 10.1. The van der Waals surface area contributed by atoms with Crippen LogP contribution in [0.15, 0.2) is 53.4 Å². The highest BCUT2D eigenvalue weighted by Gasteiger charge is 2.09. The predicted octanol–water partition coefficient (Wildman–Crippen LogP) is 1.44. The number of carbonyl (C=O) groups excluding carboxylic acids is 1. The number of hydrogen-bond donors (Lipinski definition) is 3. The number of ether oxygens (including phenoxy) is 1. The second-order valence-electron chi connectivity index (χ2n) is 4.36.